The van der Waals surface area contributed by atoms with Gasteiger partial charge < -0.3 is 9.30 Å². The van der Waals surface area contributed by atoms with Crippen molar-refractivity contribution < 1.29 is 23.1 Å². The van der Waals surface area contributed by atoms with Crippen molar-refractivity contribution in [3.8, 4) is 0 Å². The largest absolute Gasteiger partial charge is 0.469 e. The van der Waals surface area contributed by atoms with E-state index in [4.69, 9.17) is 0 Å². The standard InChI is InChI=1S/C18H14F2N2O3S/c1-25-16(23)8-9-22-14-7-6-13(20)10-15(14)26-18(22)21-17(24)11-2-4-12(19)5-3-11/h2-7,10H,8-9H2,1H3. The van der Waals surface area contributed by atoms with Gasteiger partial charge in [0, 0.05) is 12.1 Å². The van der Waals surface area contributed by atoms with Gasteiger partial charge in [-0.15, -0.1) is 0 Å². The molecule has 8 heteroatoms. The molecule has 0 spiro atoms. The minimum atomic E-state index is -0.552. The Bertz CT molecular complexity index is 1040. The van der Waals surface area contributed by atoms with E-state index in [0.717, 1.165) is 11.3 Å². The number of carbonyl (C=O) groups is 2. The van der Waals surface area contributed by atoms with Crippen LogP contribution < -0.4 is 4.80 Å². The zero-order valence-electron chi connectivity index (χ0n) is 13.7. The summed E-state index contributed by atoms with van der Waals surface area (Å²) in [5.41, 5.74) is 0.889. The molecule has 0 saturated carbocycles. The highest BCUT2D eigenvalue weighted by molar-refractivity contribution is 7.16. The molecular formula is C18H14F2N2O3S. The molecular weight excluding hydrogens is 362 g/mol. The number of thiazole rings is 1. The number of aryl methyl sites for hydroxylation is 1. The van der Waals surface area contributed by atoms with Gasteiger partial charge in [-0.1, -0.05) is 11.3 Å². The van der Waals surface area contributed by atoms with Crippen LogP contribution in [-0.2, 0) is 16.1 Å². The molecule has 1 aromatic heterocycles. The van der Waals surface area contributed by atoms with Crippen molar-refractivity contribution >= 4 is 33.4 Å². The van der Waals surface area contributed by atoms with Gasteiger partial charge in [0.05, 0.1) is 23.7 Å². The molecule has 3 aromatic rings. The molecule has 1 amide bonds. The van der Waals surface area contributed by atoms with Crippen LogP contribution in [0.1, 0.15) is 16.8 Å². The topological polar surface area (TPSA) is 60.7 Å². The summed E-state index contributed by atoms with van der Waals surface area (Å²) in [6.45, 7) is 0.230. The van der Waals surface area contributed by atoms with Crippen molar-refractivity contribution in [2.24, 2.45) is 4.99 Å². The summed E-state index contributed by atoms with van der Waals surface area (Å²) in [4.78, 5) is 28.2. The number of rotatable bonds is 4. The number of esters is 1. The van der Waals surface area contributed by atoms with Crippen molar-refractivity contribution in [1.82, 2.24) is 4.57 Å². The second-order valence-corrected chi connectivity index (χ2v) is 6.41. The van der Waals surface area contributed by atoms with Gasteiger partial charge in [-0.25, -0.2) is 8.78 Å². The monoisotopic (exact) mass is 376 g/mol. The molecule has 0 aliphatic rings. The Morgan fingerprint density at radius 2 is 1.81 bits per heavy atom. The first-order chi connectivity index (χ1) is 12.5. The van der Waals surface area contributed by atoms with E-state index in [1.54, 1.807) is 10.6 Å². The summed E-state index contributed by atoms with van der Waals surface area (Å²) >= 11 is 1.13. The quantitative estimate of drug-likeness (QED) is 0.657. The van der Waals surface area contributed by atoms with E-state index in [-0.39, 0.29) is 18.5 Å². The molecule has 0 aliphatic heterocycles. The molecule has 0 bridgehead atoms. The fourth-order valence-electron chi connectivity index (χ4n) is 2.40. The highest BCUT2D eigenvalue weighted by atomic mass is 32.1. The predicted octanol–water partition coefficient (Wildman–Crippen LogP) is 3.29. The van der Waals surface area contributed by atoms with Gasteiger partial charge in [-0.05, 0) is 42.5 Å². The SMILES string of the molecule is COC(=O)CCn1c(=NC(=O)c2ccc(F)cc2)sc2cc(F)ccc21. The number of hydrogen-bond acceptors (Lipinski definition) is 4. The molecule has 5 nitrogen and oxygen atoms in total. The van der Waals surface area contributed by atoms with Crippen LogP contribution in [-0.4, -0.2) is 23.6 Å². The van der Waals surface area contributed by atoms with Gasteiger partial charge >= 0.3 is 5.97 Å². The highest BCUT2D eigenvalue weighted by Crippen LogP contribution is 2.19. The van der Waals surface area contributed by atoms with Gasteiger partial charge in [-0.2, -0.15) is 4.99 Å². The summed E-state index contributed by atoms with van der Waals surface area (Å²) in [6.07, 6.45) is 0.0810. The van der Waals surface area contributed by atoms with Crippen LogP contribution >= 0.6 is 11.3 Å². The zero-order chi connectivity index (χ0) is 18.7. The van der Waals surface area contributed by atoms with E-state index in [9.17, 15) is 18.4 Å². The molecule has 2 aromatic carbocycles. The van der Waals surface area contributed by atoms with E-state index in [1.807, 2.05) is 0 Å². The number of benzene rings is 2. The maximum atomic E-state index is 13.5. The van der Waals surface area contributed by atoms with E-state index in [1.165, 1.54) is 43.5 Å². The number of ether oxygens (including phenoxy) is 1. The maximum absolute atomic E-state index is 13.5. The molecule has 0 radical (unpaired) electrons. The van der Waals surface area contributed by atoms with Gasteiger partial charge in [0.25, 0.3) is 5.91 Å². The van der Waals surface area contributed by atoms with Crippen molar-refractivity contribution in [2.75, 3.05) is 7.11 Å². The van der Waals surface area contributed by atoms with Crippen LogP contribution in [0.5, 0.6) is 0 Å². The number of nitrogens with zero attached hydrogens (tertiary/aromatic N) is 2. The Morgan fingerprint density at radius 1 is 1.12 bits per heavy atom. The van der Waals surface area contributed by atoms with Crippen LogP contribution in [0.25, 0.3) is 10.2 Å². The minimum Gasteiger partial charge on any atom is -0.469 e. The molecule has 0 N–H and O–H groups in total. The first-order valence-corrected chi connectivity index (χ1v) is 8.50. The van der Waals surface area contributed by atoms with E-state index >= 15 is 0 Å². The van der Waals surface area contributed by atoms with Gasteiger partial charge in [0.1, 0.15) is 11.6 Å². The molecule has 0 fully saturated rings. The van der Waals surface area contributed by atoms with Crippen LogP contribution in [0.4, 0.5) is 8.78 Å². The Morgan fingerprint density at radius 3 is 2.50 bits per heavy atom. The third kappa shape index (κ3) is 3.85. The van der Waals surface area contributed by atoms with Crippen LogP contribution in [0.15, 0.2) is 47.5 Å². The number of aromatic nitrogens is 1. The highest BCUT2D eigenvalue weighted by Gasteiger charge is 2.12. The van der Waals surface area contributed by atoms with Crippen molar-refractivity contribution in [1.29, 1.82) is 0 Å². The van der Waals surface area contributed by atoms with Crippen molar-refractivity contribution in [2.45, 2.75) is 13.0 Å². The van der Waals surface area contributed by atoms with Crippen molar-refractivity contribution in [3.05, 3.63) is 64.5 Å². The summed E-state index contributed by atoms with van der Waals surface area (Å²) in [5, 5.41) is 0. The Balaban J connectivity index is 2.06. The van der Waals surface area contributed by atoms with E-state index in [0.29, 0.717) is 15.0 Å². The number of carbonyl (C=O) groups excluding carboxylic acids is 2. The summed E-state index contributed by atoms with van der Waals surface area (Å²) in [5.74, 6) is -1.82. The molecule has 134 valence electrons. The lowest BCUT2D eigenvalue weighted by atomic mass is 10.2. The Kier molecular flexibility index (Phi) is 5.22. The number of hydrogen-bond donors (Lipinski definition) is 0. The van der Waals surface area contributed by atoms with Crippen LogP contribution in [0.2, 0.25) is 0 Å². The number of halogens is 2. The van der Waals surface area contributed by atoms with Crippen LogP contribution in [0, 0.1) is 11.6 Å². The lowest BCUT2D eigenvalue weighted by Crippen LogP contribution is -2.19. The molecule has 26 heavy (non-hydrogen) atoms. The lowest BCUT2D eigenvalue weighted by Gasteiger charge is -2.04. The Labute approximate surface area is 151 Å². The van der Waals surface area contributed by atoms with Crippen molar-refractivity contribution in [3.63, 3.8) is 0 Å². The molecule has 0 aliphatic carbocycles. The fourth-order valence-corrected chi connectivity index (χ4v) is 3.48. The smallest absolute Gasteiger partial charge is 0.307 e. The summed E-state index contributed by atoms with van der Waals surface area (Å²) in [7, 11) is 1.29. The fraction of sp³-hybridized carbons (Fsp3) is 0.167. The predicted molar refractivity (Wildman–Crippen MR) is 92.7 cm³/mol. The average molecular weight is 376 g/mol. The van der Waals surface area contributed by atoms with E-state index in [2.05, 4.69) is 9.73 Å². The third-order valence-electron chi connectivity index (χ3n) is 3.70. The number of fused-ring (bicyclic) bond motifs is 1. The van der Waals surface area contributed by atoms with E-state index < -0.39 is 23.5 Å². The normalized spacial score (nSPS) is 11.7. The van der Waals surface area contributed by atoms with Gasteiger partial charge in [0.2, 0.25) is 0 Å². The number of amides is 1. The first-order valence-electron chi connectivity index (χ1n) is 7.68. The third-order valence-corrected chi connectivity index (χ3v) is 4.74. The minimum absolute atomic E-state index is 0.0810. The average Bonchev–Trinajstić information content (AvgIpc) is 2.96. The molecule has 0 saturated heterocycles. The molecule has 0 unspecified atom stereocenters. The molecule has 0 atom stereocenters. The first kappa shape index (κ1) is 17.9. The summed E-state index contributed by atoms with van der Waals surface area (Å²) in [6, 6.07) is 9.24. The zero-order valence-corrected chi connectivity index (χ0v) is 14.6. The Hall–Kier alpha value is -2.87. The molecule has 3 rings (SSSR count). The van der Waals surface area contributed by atoms with Gasteiger partial charge in [-0.3, -0.25) is 9.59 Å². The maximum Gasteiger partial charge on any atom is 0.307 e. The second-order valence-electron chi connectivity index (χ2n) is 5.40. The second kappa shape index (κ2) is 7.57. The van der Waals surface area contributed by atoms with Gasteiger partial charge in [0.15, 0.2) is 4.80 Å². The number of methoxy groups -OCH3 is 1. The summed E-state index contributed by atoms with van der Waals surface area (Å²) < 4.78 is 33.4. The van der Waals surface area contributed by atoms with Crippen LogP contribution in [0.3, 0.4) is 0 Å². The lowest BCUT2D eigenvalue weighted by molar-refractivity contribution is -0.140. The molecule has 1 heterocycles.